The Bertz CT molecular complexity index is 857. The average Bonchev–Trinajstić information content (AvgIpc) is 2.64. The lowest BCUT2D eigenvalue weighted by Gasteiger charge is -2.26. The maximum Gasteiger partial charge on any atom is 0.416 e. The molecule has 0 aliphatic heterocycles. The summed E-state index contributed by atoms with van der Waals surface area (Å²) >= 11 is 0.713. The van der Waals surface area contributed by atoms with Crippen molar-refractivity contribution in [3.05, 3.63) is 65.2 Å². The summed E-state index contributed by atoms with van der Waals surface area (Å²) in [5.41, 5.74) is -1.57. The Hall–Kier alpha value is -2.34. The van der Waals surface area contributed by atoms with Gasteiger partial charge in [-0.1, -0.05) is 12.1 Å². The van der Waals surface area contributed by atoms with Crippen LogP contribution in [0.25, 0.3) is 0 Å². The normalized spacial score (nSPS) is 14.4. The zero-order valence-corrected chi connectivity index (χ0v) is 15.8. The third-order valence-corrected chi connectivity index (χ3v) is 5.03. The van der Waals surface area contributed by atoms with Gasteiger partial charge >= 0.3 is 18.3 Å². The Morgan fingerprint density at radius 2 is 1.73 bits per heavy atom. The van der Waals surface area contributed by atoms with Crippen LogP contribution in [0.2, 0.25) is 0 Å². The zero-order valence-electron chi connectivity index (χ0n) is 15.0. The van der Waals surface area contributed by atoms with E-state index in [1.807, 2.05) is 5.32 Å². The van der Waals surface area contributed by atoms with Crippen LogP contribution in [0, 0.1) is 5.82 Å². The molecule has 0 bridgehead atoms. The van der Waals surface area contributed by atoms with Crippen molar-refractivity contribution in [1.82, 2.24) is 10.3 Å². The van der Waals surface area contributed by atoms with E-state index in [0.29, 0.717) is 11.8 Å². The molecule has 12 heteroatoms. The number of hydrogen-bond acceptors (Lipinski definition) is 4. The minimum absolute atomic E-state index is 0.218. The predicted octanol–water partition coefficient (Wildman–Crippen LogP) is 4.82. The molecule has 4 nitrogen and oxygen atoms in total. The van der Waals surface area contributed by atoms with Crippen molar-refractivity contribution < 1.29 is 40.6 Å². The maximum absolute atomic E-state index is 13.4. The lowest BCUT2D eigenvalue weighted by Crippen LogP contribution is -2.46. The molecule has 0 spiro atoms. The lowest BCUT2D eigenvalue weighted by atomic mass is 10.1. The highest BCUT2D eigenvalue weighted by molar-refractivity contribution is 7.98. The van der Waals surface area contributed by atoms with Crippen LogP contribution in [0.1, 0.15) is 22.7 Å². The van der Waals surface area contributed by atoms with E-state index in [-0.39, 0.29) is 11.3 Å². The van der Waals surface area contributed by atoms with Crippen molar-refractivity contribution in [2.45, 2.75) is 30.2 Å². The number of benzene rings is 1. The monoisotopic (exact) mass is 456 g/mol. The van der Waals surface area contributed by atoms with Crippen molar-refractivity contribution in [2.75, 3.05) is 5.75 Å². The number of nitrogens with zero attached hydrogens (tertiary/aromatic N) is 1. The lowest BCUT2D eigenvalue weighted by molar-refractivity contribution is -0.162. The number of thioether (sulfide) groups is 1. The molecule has 1 heterocycles. The molecular formula is C18H15F7N2O2S. The van der Waals surface area contributed by atoms with E-state index in [1.54, 1.807) is 0 Å². The smallest absolute Gasteiger partial charge is 0.416 e. The summed E-state index contributed by atoms with van der Waals surface area (Å²) in [5.74, 6) is -3.13. The molecule has 2 rings (SSSR count). The van der Waals surface area contributed by atoms with E-state index >= 15 is 0 Å². The topological polar surface area (TPSA) is 62.2 Å². The van der Waals surface area contributed by atoms with Crippen LogP contribution in [0.5, 0.6) is 0 Å². The first-order valence-electron chi connectivity index (χ1n) is 8.28. The highest BCUT2D eigenvalue weighted by atomic mass is 32.2. The first-order chi connectivity index (χ1) is 13.9. The maximum atomic E-state index is 13.4. The Morgan fingerprint density at radius 3 is 2.27 bits per heavy atom. The average molecular weight is 456 g/mol. The van der Waals surface area contributed by atoms with Crippen molar-refractivity contribution in [2.24, 2.45) is 0 Å². The molecule has 164 valence electrons. The first kappa shape index (κ1) is 23.9. The number of carboxylic acids is 1. The summed E-state index contributed by atoms with van der Waals surface area (Å²) in [6, 6.07) is -0.00316. The van der Waals surface area contributed by atoms with Gasteiger partial charge in [0.25, 0.3) is 0 Å². The third-order valence-electron chi connectivity index (χ3n) is 3.95. The van der Waals surface area contributed by atoms with E-state index in [9.17, 15) is 40.6 Å². The van der Waals surface area contributed by atoms with Crippen molar-refractivity contribution in [1.29, 1.82) is 0 Å². The number of carboxylic acid groups (broad SMARTS) is 1. The van der Waals surface area contributed by atoms with E-state index in [0.717, 1.165) is 42.7 Å². The first-order valence-corrected chi connectivity index (χ1v) is 9.44. The SMILES string of the molecule is O=C(O)[C@H](CSCc1cnccc1C(F)(F)F)N[C@H](c1ccc(F)cc1)C(F)(F)F. The molecule has 1 aromatic heterocycles. The molecule has 1 aromatic carbocycles. The number of aromatic nitrogens is 1. The minimum atomic E-state index is -4.89. The number of alkyl halides is 6. The number of aliphatic carboxylic acids is 1. The molecule has 0 radical (unpaired) electrons. The second-order valence-corrected chi connectivity index (χ2v) is 7.16. The number of nitrogens with one attached hydrogen (secondary N) is 1. The zero-order chi connectivity index (χ0) is 22.5. The van der Waals surface area contributed by atoms with Gasteiger partial charge in [-0.05, 0) is 29.3 Å². The molecule has 0 saturated heterocycles. The molecule has 2 aromatic rings. The highest BCUT2D eigenvalue weighted by Gasteiger charge is 2.43. The fourth-order valence-electron chi connectivity index (χ4n) is 2.53. The van der Waals surface area contributed by atoms with Crippen LogP contribution in [0.15, 0.2) is 42.7 Å². The molecule has 0 amide bonds. The summed E-state index contributed by atoms with van der Waals surface area (Å²) in [6.45, 7) is 0. The Kier molecular flexibility index (Phi) is 7.70. The van der Waals surface area contributed by atoms with Crippen molar-refractivity contribution >= 4 is 17.7 Å². The molecule has 2 atom stereocenters. The van der Waals surface area contributed by atoms with E-state index < -0.39 is 53.1 Å². The summed E-state index contributed by atoms with van der Waals surface area (Å²) in [6.07, 6.45) is -7.61. The van der Waals surface area contributed by atoms with Gasteiger partial charge in [0.05, 0.1) is 5.56 Å². The minimum Gasteiger partial charge on any atom is -0.480 e. The second-order valence-electron chi connectivity index (χ2n) is 6.13. The molecule has 30 heavy (non-hydrogen) atoms. The van der Waals surface area contributed by atoms with Gasteiger partial charge in [-0.3, -0.25) is 15.1 Å². The largest absolute Gasteiger partial charge is 0.480 e. The molecule has 2 N–H and O–H groups in total. The van der Waals surface area contributed by atoms with Gasteiger partial charge < -0.3 is 5.11 Å². The van der Waals surface area contributed by atoms with Crippen LogP contribution in [0.3, 0.4) is 0 Å². The predicted molar refractivity (Wildman–Crippen MR) is 95.2 cm³/mol. The summed E-state index contributed by atoms with van der Waals surface area (Å²) in [4.78, 5) is 15.0. The molecule has 0 fully saturated rings. The standard InChI is InChI=1S/C18H15F7N2O2S/c19-12-3-1-10(2-4-12)15(18(23,24)25)27-14(16(28)29)9-30-8-11-7-26-6-5-13(11)17(20,21)22/h1-7,14-15,27H,8-9H2,(H,28,29)/t14-,15+/m0/s1. The summed E-state index contributed by atoms with van der Waals surface area (Å²) < 4.78 is 92.2. The van der Waals surface area contributed by atoms with Crippen LogP contribution in [0.4, 0.5) is 30.7 Å². The second kappa shape index (κ2) is 9.65. The van der Waals surface area contributed by atoms with Crippen LogP contribution < -0.4 is 5.32 Å². The van der Waals surface area contributed by atoms with E-state index in [2.05, 4.69) is 4.98 Å². The fraction of sp³-hybridized carbons (Fsp3) is 0.333. The van der Waals surface area contributed by atoms with Gasteiger partial charge in [-0.2, -0.15) is 38.1 Å². The van der Waals surface area contributed by atoms with Gasteiger partial charge in [-0.25, -0.2) is 4.39 Å². The Labute approximate surface area is 170 Å². The molecule has 0 aliphatic rings. The third kappa shape index (κ3) is 6.59. The summed E-state index contributed by atoms with van der Waals surface area (Å²) in [5, 5.41) is 11.2. The number of halogens is 7. The Morgan fingerprint density at radius 1 is 1.10 bits per heavy atom. The van der Waals surface area contributed by atoms with Crippen LogP contribution in [-0.2, 0) is 16.7 Å². The summed E-state index contributed by atoms with van der Waals surface area (Å²) in [7, 11) is 0. The van der Waals surface area contributed by atoms with Gasteiger partial charge in [0, 0.05) is 23.9 Å². The number of pyridine rings is 1. The molecule has 0 aliphatic carbocycles. The fourth-order valence-corrected chi connectivity index (χ4v) is 3.57. The highest BCUT2D eigenvalue weighted by Crippen LogP contribution is 2.35. The number of rotatable bonds is 8. The van der Waals surface area contributed by atoms with Crippen LogP contribution in [-0.4, -0.2) is 34.0 Å². The molecule has 0 saturated carbocycles. The molecular weight excluding hydrogens is 441 g/mol. The van der Waals surface area contributed by atoms with Crippen molar-refractivity contribution in [3.8, 4) is 0 Å². The quantitative estimate of drug-likeness (QED) is 0.558. The van der Waals surface area contributed by atoms with Gasteiger partial charge in [0.15, 0.2) is 0 Å². The molecule has 0 unspecified atom stereocenters. The van der Waals surface area contributed by atoms with Gasteiger partial charge in [0.1, 0.15) is 17.9 Å². The Balaban J connectivity index is 2.12. The van der Waals surface area contributed by atoms with Crippen LogP contribution >= 0.6 is 11.8 Å². The number of hydrogen-bond donors (Lipinski definition) is 2. The van der Waals surface area contributed by atoms with Gasteiger partial charge in [0.2, 0.25) is 0 Å². The van der Waals surface area contributed by atoms with Crippen molar-refractivity contribution in [3.63, 3.8) is 0 Å². The van der Waals surface area contributed by atoms with E-state index in [1.165, 1.54) is 0 Å². The van der Waals surface area contributed by atoms with Gasteiger partial charge in [-0.15, -0.1) is 0 Å². The number of carbonyl (C=O) groups is 1. The van der Waals surface area contributed by atoms with E-state index in [4.69, 9.17) is 0 Å².